The molecule has 90 valence electrons. The zero-order valence-electron chi connectivity index (χ0n) is 9.77. The van der Waals surface area contributed by atoms with Crippen molar-refractivity contribution in [2.45, 2.75) is 20.3 Å². The molecule has 5 nitrogen and oxygen atoms in total. The van der Waals surface area contributed by atoms with Crippen LogP contribution in [0.4, 0.5) is 11.4 Å². The summed E-state index contributed by atoms with van der Waals surface area (Å²) in [6.07, 6.45) is 0.833. The van der Waals surface area contributed by atoms with Crippen molar-refractivity contribution in [2.75, 3.05) is 5.32 Å². The Kier molecular flexibility index (Phi) is 2.61. The first-order valence-electron chi connectivity index (χ1n) is 5.46. The fourth-order valence-corrected chi connectivity index (χ4v) is 1.87. The number of benzene rings is 1. The standard InChI is InChI=1S/C12H14N2O3/c1-12(2)7-8(12)11(15)13-9-5-3-4-6-10(9)14(16)17/h3-6,8H,7H2,1-2H3,(H,13,15). The molecule has 1 aliphatic carbocycles. The molecule has 1 aliphatic rings. The second-order valence-corrected chi connectivity index (χ2v) is 5.01. The van der Waals surface area contributed by atoms with Crippen LogP contribution in [0.3, 0.4) is 0 Å². The van der Waals surface area contributed by atoms with Gasteiger partial charge in [-0.2, -0.15) is 0 Å². The minimum atomic E-state index is -0.492. The van der Waals surface area contributed by atoms with E-state index in [1.165, 1.54) is 6.07 Å². The van der Waals surface area contributed by atoms with Crippen molar-refractivity contribution < 1.29 is 9.72 Å². The van der Waals surface area contributed by atoms with Gasteiger partial charge < -0.3 is 5.32 Å². The van der Waals surface area contributed by atoms with Gasteiger partial charge in [0.15, 0.2) is 0 Å². The van der Waals surface area contributed by atoms with Crippen molar-refractivity contribution in [1.29, 1.82) is 0 Å². The largest absolute Gasteiger partial charge is 0.320 e. The Morgan fingerprint density at radius 3 is 2.59 bits per heavy atom. The molecule has 0 saturated heterocycles. The highest BCUT2D eigenvalue weighted by molar-refractivity contribution is 5.96. The maximum Gasteiger partial charge on any atom is 0.292 e. The number of hydrogen-bond acceptors (Lipinski definition) is 3. The van der Waals surface area contributed by atoms with E-state index in [0.717, 1.165) is 6.42 Å². The number of carbonyl (C=O) groups excluding carboxylic acids is 1. The Morgan fingerprint density at radius 2 is 2.06 bits per heavy atom. The van der Waals surface area contributed by atoms with Crippen LogP contribution in [0, 0.1) is 21.4 Å². The molecule has 0 bridgehead atoms. The van der Waals surface area contributed by atoms with Crippen molar-refractivity contribution in [3.63, 3.8) is 0 Å². The van der Waals surface area contributed by atoms with Crippen molar-refractivity contribution >= 4 is 17.3 Å². The number of para-hydroxylation sites is 2. The Balaban J connectivity index is 2.14. The Morgan fingerprint density at radius 1 is 1.47 bits per heavy atom. The van der Waals surface area contributed by atoms with Crippen LogP contribution in [-0.2, 0) is 4.79 Å². The summed E-state index contributed by atoms with van der Waals surface area (Å²) in [4.78, 5) is 22.1. The molecule has 1 fully saturated rings. The highest BCUT2D eigenvalue weighted by Crippen LogP contribution is 2.52. The van der Waals surface area contributed by atoms with Crippen LogP contribution in [0.2, 0.25) is 0 Å². The monoisotopic (exact) mass is 234 g/mol. The first-order valence-corrected chi connectivity index (χ1v) is 5.46. The summed E-state index contributed by atoms with van der Waals surface area (Å²) in [5, 5.41) is 13.4. The molecule has 2 rings (SSSR count). The number of amides is 1. The molecule has 0 aliphatic heterocycles. The molecule has 1 aromatic rings. The van der Waals surface area contributed by atoms with E-state index >= 15 is 0 Å². The molecule has 0 radical (unpaired) electrons. The van der Waals surface area contributed by atoms with Gasteiger partial charge >= 0.3 is 0 Å². The Hall–Kier alpha value is -1.91. The molecule has 1 amide bonds. The average Bonchev–Trinajstić information content (AvgIpc) is 2.88. The Labute approximate surface area is 99.0 Å². The number of nitro groups is 1. The van der Waals surface area contributed by atoms with E-state index in [1.807, 2.05) is 13.8 Å². The quantitative estimate of drug-likeness (QED) is 0.645. The molecular weight excluding hydrogens is 220 g/mol. The smallest absolute Gasteiger partial charge is 0.292 e. The molecule has 0 aromatic heterocycles. The van der Waals surface area contributed by atoms with Crippen LogP contribution in [0.1, 0.15) is 20.3 Å². The number of nitro benzene ring substituents is 1. The molecule has 1 saturated carbocycles. The summed E-state index contributed by atoms with van der Waals surface area (Å²) in [7, 11) is 0. The SMILES string of the molecule is CC1(C)CC1C(=O)Nc1ccccc1[N+](=O)[O-]. The third-order valence-electron chi connectivity index (χ3n) is 3.19. The van der Waals surface area contributed by atoms with Crippen LogP contribution in [0.25, 0.3) is 0 Å². The average molecular weight is 234 g/mol. The first kappa shape index (κ1) is 11.6. The predicted octanol–water partition coefficient (Wildman–Crippen LogP) is 2.58. The third-order valence-corrected chi connectivity index (χ3v) is 3.19. The molecule has 1 atom stereocenters. The lowest BCUT2D eigenvalue weighted by atomic mass is 10.1. The van der Waals surface area contributed by atoms with Gasteiger partial charge in [-0.05, 0) is 17.9 Å². The summed E-state index contributed by atoms with van der Waals surface area (Å²) < 4.78 is 0. The number of carbonyl (C=O) groups is 1. The topological polar surface area (TPSA) is 72.2 Å². The maximum absolute atomic E-state index is 11.8. The minimum Gasteiger partial charge on any atom is -0.320 e. The highest BCUT2D eigenvalue weighted by Gasteiger charge is 2.50. The van der Waals surface area contributed by atoms with Gasteiger partial charge in [-0.1, -0.05) is 26.0 Å². The lowest BCUT2D eigenvalue weighted by Crippen LogP contribution is -2.17. The van der Waals surface area contributed by atoms with Crippen molar-refractivity contribution in [2.24, 2.45) is 11.3 Å². The van der Waals surface area contributed by atoms with Gasteiger partial charge in [0.2, 0.25) is 5.91 Å². The third kappa shape index (κ3) is 2.27. The van der Waals surface area contributed by atoms with Gasteiger partial charge in [-0.3, -0.25) is 14.9 Å². The maximum atomic E-state index is 11.8. The molecule has 0 spiro atoms. The van der Waals surface area contributed by atoms with E-state index in [9.17, 15) is 14.9 Å². The zero-order valence-corrected chi connectivity index (χ0v) is 9.77. The predicted molar refractivity (Wildman–Crippen MR) is 63.6 cm³/mol. The second kappa shape index (κ2) is 3.84. The zero-order chi connectivity index (χ0) is 12.6. The molecule has 1 N–H and O–H groups in total. The number of hydrogen-bond donors (Lipinski definition) is 1. The molecule has 5 heteroatoms. The van der Waals surface area contributed by atoms with Crippen LogP contribution in [0.5, 0.6) is 0 Å². The molecule has 1 unspecified atom stereocenters. The Bertz CT molecular complexity index is 482. The molecule has 17 heavy (non-hydrogen) atoms. The number of nitrogens with one attached hydrogen (secondary N) is 1. The second-order valence-electron chi connectivity index (χ2n) is 5.01. The van der Waals surface area contributed by atoms with E-state index in [4.69, 9.17) is 0 Å². The first-order chi connectivity index (χ1) is 7.92. The van der Waals surface area contributed by atoms with E-state index < -0.39 is 4.92 Å². The summed E-state index contributed by atoms with van der Waals surface area (Å²) in [5.74, 6) is -0.174. The van der Waals surface area contributed by atoms with Gasteiger partial charge in [0.1, 0.15) is 5.69 Å². The summed E-state index contributed by atoms with van der Waals surface area (Å²) in [6.45, 7) is 4.02. The van der Waals surface area contributed by atoms with Crippen LogP contribution >= 0.6 is 0 Å². The van der Waals surface area contributed by atoms with E-state index in [2.05, 4.69) is 5.32 Å². The molecule has 1 aromatic carbocycles. The van der Waals surface area contributed by atoms with Gasteiger partial charge in [0.05, 0.1) is 4.92 Å². The molecule has 0 heterocycles. The molecular formula is C12H14N2O3. The minimum absolute atomic E-state index is 0.0215. The summed E-state index contributed by atoms with van der Waals surface area (Å²) in [5.41, 5.74) is 0.220. The lowest BCUT2D eigenvalue weighted by molar-refractivity contribution is -0.383. The van der Waals surface area contributed by atoms with Crippen molar-refractivity contribution in [3.8, 4) is 0 Å². The van der Waals surface area contributed by atoms with E-state index in [-0.39, 0.29) is 28.6 Å². The van der Waals surface area contributed by atoms with Gasteiger partial charge in [0, 0.05) is 12.0 Å². The van der Waals surface area contributed by atoms with Crippen molar-refractivity contribution in [1.82, 2.24) is 0 Å². The lowest BCUT2D eigenvalue weighted by Gasteiger charge is -2.06. The van der Waals surface area contributed by atoms with Gasteiger partial charge in [-0.15, -0.1) is 0 Å². The number of anilines is 1. The van der Waals surface area contributed by atoms with Gasteiger partial charge in [0.25, 0.3) is 5.69 Å². The number of nitrogens with zero attached hydrogens (tertiary/aromatic N) is 1. The number of rotatable bonds is 3. The van der Waals surface area contributed by atoms with E-state index in [1.54, 1.807) is 18.2 Å². The highest BCUT2D eigenvalue weighted by atomic mass is 16.6. The van der Waals surface area contributed by atoms with Crippen LogP contribution in [0.15, 0.2) is 24.3 Å². The van der Waals surface area contributed by atoms with Gasteiger partial charge in [-0.25, -0.2) is 0 Å². The summed E-state index contributed by atoms with van der Waals surface area (Å²) in [6, 6.07) is 6.18. The van der Waals surface area contributed by atoms with Crippen molar-refractivity contribution in [3.05, 3.63) is 34.4 Å². The van der Waals surface area contributed by atoms with Crippen LogP contribution < -0.4 is 5.32 Å². The van der Waals surface area contributed by atoms with E-state index in [0.29, 0.717) is 0 Å². The fraction of sp³-hybridized carbons (Fsp3) is 0.417. The summed E-state index contributed by atoms with van der Waals surface area (Å²) >= 11 is 0. The van der Waals surface area contributed by atoms with Crippen LogP contribution in [-0.4, -0.2) is 10.8 Å². The normalized spacial score (nSPS) is 20.7. The fourth-order valence-electron chi connectivity index (χ4n) is 1.87.